The summed E-state index contributed by atoms with van der Waals surface area (Å²) >= 11 is 6.29. The zero-order valence-electron chi connectivity index (χ0n) is 7.49. The van der Waals surface area contributed by atoms with Crippen molar-refractivity contribution in [2.75, 3.05) is 0 Å². The molecule has 0 bridgehead atoms. The fourth-order valence-electron chi connectivity index (χ4n) is 1.16. The zero-order valence-corrected chi connectivity index (χ0v) is 10.7. The molecule has 0 aliphatic rings. The van der Waals surface area contributed by atoms with E-state index in [-0.39, 0.29) is 10.4 Å². The molecule has 0 amide bonds. The molecule has 0 saturated carbocycles. The van der Waals surface area contributed by atoms with E-state index in [0.29, 0.717) is 6.54 Å². The van der Waals surface area contributed by atoms with Crippen molar-refractivity contribution in [2.45, 2.75) is 6.54 Å². The van der Waals surface area contributed by atoms with Crippen LogP contribution < -0.4 is 0 Å². The lowest BCUT2D eigenvalue weighted by Gasteiger charge is -2.01. The topological polar surface area (TPSA) is 30.7 Å². The van der Waals surface area contributed by atoms with Crippen LogP contribution >= 0.6 is 31.9 Å². The van der Waals surface area contributed by atoms with Crippen LogP contribution in [0.25, 0.3) is 0 Å². The Morgan fingerprint density at radius 1 is 1.33 bits per heavy atom. The van der Waals surface area contributed by atoms with Gasteiger partial charge in [-0.25, -0.2) is 9.37 Å². The third-order valence-electron chi connectivity index (χ3n) is 1.80. The van der Waals surface area contributed by atoms with Crippen molar-refractivity contribution in [2.24, 2.45) is 0 Å². The third kappa shape index (κ3) is 2.63. The first-order valence-electron chi connectivity index (χ1n) is 4.13. The predicted octanol–water partition coefficient (Wildman–Crippen LogP) is 2.99. The summed E-state index contributed by atoms with van der Waals surface area (Å²) in [4.78, 5) is 3.87. The van der Waals surface area contributed by atoms with Gasteiger partial charge in [-0.15, -0.1) is 0 Å². The molecule has 0 aromatic carbocycles. The molecular formula is C9H6Br2FN3. The van der Waals surface area contributed by atoms with E-state index < -0.39 is 0 Å². The highest BCUT2D eigenvalue weighted by molar-refractivity contribution is 9.10. The Morgan fingerprint density at radius 3 is 2.73 bits per heavy atom. The van der Waals surface area contributed by atoms with E-state index in [1.165, 1.54) is 6.07 Å². The number of halogens is 3. The van der Waals surface area contributed by atoms with Crippen LogP contribution in [0.2, 0.25) is 0 Å². The van der Waals surface area contributed by atoms with Crippen molar-refractivity contribution in [3.8, 4) is 0 Å². The monoisotopic (exact) mass is 333 g/mol. The lowest BCUT2D eigenvalue weighted by atomic mass is 10.3. The van der Waals surface area contributed by atoms with E-state index in [0.717, 1.165) is 10.0 Å². The second kappa shape index (κ2) is 4.40. The molecule has 0 N–H and O–H groups in total. The van der Waals surface area contributed by atoms with E-state index in [1.54, 1.807) is 17.1 Å². The first-order chi connectivity index (χ1) is 7.15. The summed E-state index contributed by atoms with van der Waals surface area (Å²) in [7, 11) is 0. The Balaban J connectivity index is 2.21. The average Bonchev–Trinajstić information content (AvgIpc) is 2.58. The first kappa shape index (κ1) is 10.8. The van der Waals surface area contributed by atoms with E-state index in [1.807, 2.05) is 6.20 Å². The van der Waals surface area contributed by atoms with Crippen LogP contribution in [0.5, 0.6) is 0 Å². The Hall–Kier alpha value is -0.750. The van der Waals surface area contributed by atoms with Gasteiger partial charge < -0.3 is 0 Å². The average molecular weight is 335 g/mol. The van der Waals surface area contributed by atoms with Crippen LogP contribution in [0.1, 0.15) is 5.56 Å². The molecule has 6 heteroatoms. The van der Waals surface area contributed by atoms with E-state index in [4.69, 9.17) is 0 Å². The molecule has 0 radical (unpaired) electrons. The van der Waals surface area contributed by atoms with Crippen LogP contribution in [0, 0.1) is 5.82 Å². The Labute approximate surface area is 103 Å². The lowest BCUT2D eigenvalue weighted by molar-refractivity contribution is 0.603. The van der Waals surface area contributed by atoms with Gasteiger partial charge in [0.15, 0.2) is 5.82 Å². The molecule has 78 valence electrons. The number of nitrogens with zero attached hydrogens (tertiary/aromatic N) is 3. The zero-order chi connectivity index (χ0) is 10.8. The summed E-state index contributed by atoms with van der Waals surface area (Å²) in [6.45, 7) is 0.503. The fraction of sp³-hybridized carbons (Fsp3) is 0.111. The summed E-state index contributed by atoms with van der Waals surface area (Å²) in [5.41, 5.74) is 0.770. The van der Waals surface area contributed by atoms with Crippen molar-refractivity contribution >= 4 is 31.9 Å². The Morgan fingerprint density at radius 2 is 2.13 bits per heavy atom. The van der Waals surface area contributed by atoms with Crippen LogP contribution in [0.4, 0.5) is 4.39 Å². The standard InChI is InChI=1S/C9H6Br2FN3/c10-7-3-14-15(5-7)4-6-1-8(12)9(11)13-2-6/h1-3,5H,4H2. The fourth-order valence-corrected chi connectivity index (χ4v) is 1.70. The second-order valence-corrected chi connectivity index (χ2v) is 4.64. The highest BCUT2D eigenvalue weighted by Gasteiger charge is 2.03. The van der Waals surface area contributed by atoms with Gasteiger partial charge in [0.05, 0.1) is 17.2 Å². The summed E-state index contributed by atoms with van der Waals surface area (Å²) in [6.07, 6.45) is 5.12. The number of hydrogen-bond donors (Lipinski definition) is 0. The molecule has 0 spiro atoms. The molecule has 0 aliphatic heterocycles. The minimum absolute atomic E-state index is 0.230. The highest BCUT2D eigenvalue weighted by atomic mass is 79.9. The van der Waals surface area contributed by atoms with Gasteiger partial charge in [0.25, 0.3) is 0 Å². The third-order valence-corrected chi connectivity index (χ3v) is 2.79. The largest absolute Gasteiger partial charge is 0.267 e. The minimum Gasteiger partial charge on any atom is -0.267 e. The molecule has 0 saturated heterocycles. The summed E-state index contributed by atoms with van der Waals surface area (Å²) in [5.74, 6) is -0.362. The summed E-state index contributed by atoms with van der Waals surface area (Å²) in [5, 5.41) is 4.07. The molecule has 0 fully saturated rings. The molecule has 2 aromatic rings. The number of hydrogen-bond acceptors (Lipinski definition) is 2. The maximum atomic E-state index is 13.1. The van der Waals surface area contributed by atoms with Gasteiger partial charge in [0.2, 0.25) is 0 Å². The van der Waals surface area contributed by atoms with Gasteiger partial charge in [0.1, 0.15) is 4.60 Å². The predicted molar refractivity (Wildman–Crippen MR) is 60.9 cm³/mol. The Kier molecular flexibility index (Phi) is 3.16. The maximum Gasteiger partial charge on any atom is 0.156 e. The molecule has 15 heavy (non-hydrogen) atoms. The summed E-state index contributed by atoms with van der Waals surface area (Å²) < 4.78 is 16.0. The van der Waals surface area contributed by atoms with Gasteiger partial charge in [0, 0.05) is 12.4 Å². The van der Waals surface area contributed by atoms with Crippen molar-refractivity contribution in [3.05, 3.63) is 45.1 Å². The number of pyridine rings is 1. The molecule has 0 aliphatic carbocycles. The first-order valence-corrected chi connectivity index (χ1v) is 5.71. The SMILES string of the molecule is Fc1cc(Cn2cc(Br)cn2)cnc1Br. The normalized spacial score (nSPS) is 10.6. The second-order valence-electron chi connectivity index (χ2n) is 2.97. The highest BCUT2D eigenvalue weighted by Crippen LogP contribution is 2.14. The minimum atomic E-state index is -0.362. The van der Waals surface area contributed by atoms with Crippen molar-refractivity contribution in [1.29, 1.82) is 0 Å². The molecular weight excluding hydrogens is 329 g/mol. The molecule has 3 nitrogen and oxygen atoms in total. The van der Waals surface area contributed by atoms with Crippen LogP contribution in [-0.4, -0.2) is 14.8 Å². The van der Waals surface area contributed by atoms with Crippen LogP contribution in [-0.2, 0) is 6.54 Å². The lowest BCUT2D eigenvalue weighted by Crippen LogP contribution is -2.01. The Bertz CT molecular complexity index is 484. The molecule has 0 atom stereocenters. The van der Waals surface area contributed by atoms with Gasteiger partial charge in [-0.2, -0.15) is 5.10 Å². The van der Waals surface area contributed by atoms with Crippen molar-refractivity contribution < 1.29 is 4.39 Å². The molecule has 2 heterocycles. The molecule has 0 unspecified atom stereocenters. The summed E-state index contributed by atoms with van der Waals surface area (Å²) in [6, 6.07) is 1.44. The molecule has 2 aromatic heterocycles. The van der Waals surface area contributed by atoms with E-state index >= 15 is 0 Å². The maximum absolute atomic E-state index is 13.1. The number of rotatable bonds is 2. The smallest absolute Gasteiger partial charge is 0.156 e. The number of aromatic nitrogens is 3. The van der Waals surface area contributed by atoms with Gasteiger partial charge in [-0.1, -0.05) is 0 Å². The van der Waals surface area contributed by atoms with Gasteiger partial charge in [-0.05, 0) is 43.5 Å². The van der Waals surface area contributed by atoms with Gasteiger partial charge in [-0.3, -0.25) is 4.68 Å². The van der Waals surface area contributed by atoms with Crippen LogP contribution in [0.15, 0.2) is 33.7 Å². The quantitative estimate of drug-likeness (QED) is 0.790. The van der Waals surface area contributed by atoms with Crippen molar-refractivity contribution in [1.82, 2.24) is 14.8 Å². The van der Waals surface area contributed by atoms with E-state index in [9.17, 15) is 4.39 Å². The molecule has 2 rings (SSSR count). The van der Waals surface area contributed by atoms with Gasteiger partial charge >= 0.3 is 0 Å². The van der Waals surface area contributed by atoms with Crippen molar-refractivity contribution in [3.63, 3.8) is 0 Å². The van der Waals surface area contributed by atoms with E-state index in [2.05, 4.69) is 41.9 Å². The van der Waals surface area contributed by atoms with Crippen LogP contribution in [0.3, 0.4) is 0 Å².